The fraction of sp³-hybridized carbons (Fsp3) is 1.00. The first kappa shape index (κ1) is 16.2. The van der Waals surface area contributed by atoms with Gasteiger partial charge >= 0.3 is 0 Å². The summed E-state index contributed by atoms with van der Waals surface area (Å²) >= 11 is 0. The van der Waals surface area contributed by atoms with Gasteiger partial charge in [-0.2, -0.15) is 0 Å². The van der Waals surface area contributed by atoms with Gasteiger partial charge in [0.05, 0.1) is 19.3 Å². The van der Waals surface area contributed by atoms with Crippen molar-refractivity contribution in [2.24, 2.45) is 23.0 Å². The van der Waals surface area contributed by atoms with Gasteiger partial charge in [-0.15, -0.1) is 0 Å². The second kappa shape index (κ2) is 6.73. The maximum absolute atomic E-state index is 9.24. The molecule has 0 amide bonds. The van der Waals surface area contributed by atoms with E-state index in [9.17, 15) is 5.11 Å². The lowest BCUT2D eigenvalue weighted by Gasteiger charge is -2.43. The summed E-state index contributed by atoms with van der Waals surface area (Å²) in [6.45, 7) is 10.8. The molecule has 0 aromatic carbocycles. The van der Waals surface area contributed by atoms with Gasteiger partial charge in [-0.1, -0.05) is 20.8 Å². The summed E-state index contributed by atoms with van der Waals surface area (Å²) in [5, 5.41) is 9.24. The number of rotatable bonds is 3. The van der Waals surface area contributed by atoms with E-state index in [0.29, 0.717) is 17.4 Å². The van der Waals surface area contributed by atoms with Crippen LogP contribution in [0.15, 0.2) is 0 Å². The third-order valence-electron chi connectivity index (χ3n) is 5.19. The zero-order chi connectivity index (χ0) is 14.8. The smallest absolute Gasteiger partial charge is 0.0932 e. The summed E-state index contributed by atoms with van der Waals surface area (Å²) in [6.07, 6.45) is 3.65. The maximum atomic E-state index is 9.24. The predicted octanol–water partition coefficient (Wildman–Crippen LogP) is 1.47. The Balaban J connectivity index is 1.89. The summed E-state index contributed by atoms with van der Waals surface area (Å²) in [5.74, 6) is 1.37. The van der Waals surface area contributed by atoms with Crippen molar-refractivity contribution >= 4 is 0 Å². The third-order valence-corrected chi connectivity index (χ3v) is 5.19. The molecule has 118 valence electrons. The fourth-order valence-electron chi connectivity index (χ4n) is 3.67. The van der Waals surface area contributed by atoms with E-state index in [1.807, 2.05) is 0 Å². The normalized spacial score (nSPS) is 37.0. The molecule has 2 aliphatic rings. The molecule has 4 nitrogen and oxygen atoms in total. The molecule has 0 spiro atoms. The molecule has 0 radical (unpaired) electrons. The summed E-state index contributed by atoms with van der Waals surface area (Å²) in [5.41, 5.74) is 6.75. The lowest BCUT2D eigenvalue weighted by atomic mass is 9.67. The second-order valence-corrected chi connectivity index (χ2v) is 7.73. The Morgan fingerprint density at radius 2 is 2.05 bits per heavy atom. The first-order chi connectivity index (χ1) is 9.40. The van der Waals surface area contributed by atoms with Crippen molar-refractivity contribution in [3.05, 3.63) is 0 Å². The van der Waals surface area contributed by atoms with Gasteiger partial charge in [0.25, 0.3) is 0 Å². The Hall–Kier alpha value is -0.160. The van der Waals surface area contributed by atoms with E-state index in [1.165, 1.54) is 12.8 Å². The lowest BCUT2D eigenvalue weighted by molar-refractivity contribution is -0.0597. The van der Waals surface area contributed by atoms with Gasteiger partial charge in [0.2, 0.25) is 0 Å². The molecular formula is C16H32N2O2. The van der Waals surface area contributed by atoms with E-state index in [-0.39, 0.29) is 12.7 Å². The third kappa shape index (κ3) is 4.17. The van der Waals surface area contributed by atoms with Crippen LogP contribution in [0.1, 0.15) is 40.0 Å². The van der Waals surface area contributed by atoms with Crippen LogP contribution in [0.2, 0.25) is 0 Å². The van der Waals surface area contributed by atoms with Crippen molar-refractivity contribution in [2.45, 2.75) is 52.2 Å². The van der Waals surface area contributed by atoms with Crippen LogP contribution in [-0.2, 0) is 4.74 Å². The topological polar surface area (TPSA) is 58.7 Å². The Labute approximate surface area is 123 Å². The minimum absolute atomic E-state index is 0.0121. The highest BCUT2D eigenvalue weighted by atomic mass is 16.5. The molecule has 4 unspecified atom stereocenters. The van der Waals surface area contributed by atoms with E-state index >= 15 is 0 Å². The van der Waals surface area contributed by atoms with Crippen molar-refractivity contribution in [1.29, 1.82) is 0 Å². The first-order valence-electron chi connectivity index (χ1n) is 8.10. The van der Waals surface area contributed by atoms with Crippen LogP contribution in [0.5, 0.6) is 0 Å². The number of nitrogens with two attached hydrogens (primary N) is 1. The van der Waals surface area contributed by atoms with Crippen molar-refractivity contribution in [3.63, 3.8) is 0 Å². The molecule has 0 aromatic rings. The van der Waals surface area contributed by atoms with Gasteiger partial charge in [-0.25, -0.2) is 0 Å². The Morgan fingerprint density at radius 3 is 2.70 bits per heavy atom. The lowest BCUT2D eigenvalue weighted by Crippen LogP contribution is -2.50. The van der Waals surface area contributed by atoms with Crippen LogP contribution in [0.4, 0.5) is 0 Å². The molecule has 1 aliphatic carbocycles. The van der Waals surface area contributed by atoms with Crippen molar-refractivity contribution < 1.29 is 9.84 Å². The number of nitrogens with zero attached hydrogens (tertiary/aromatic N) is 1. The van der Waals surface area contributed by atoms with E-state index in [4.69, 9.17) is 10.5 Å². The molecule has 1 saturated heterocycles. The molecule has 4 atom stereocenters. The molecule has 3 N–H and O–H groups in total. The molecule has 0 bridgehead atoms. The minimum atomic E-state index is -0.0121. The number of aliphatic hydroxyl groups excluding tert-OH is 1. The highest BCUT2D eigenvalue weighted by Gasteiger charge is 2.35. The maximum Gasteiger partial charge on any atom is 0.0932 e. The molecule has 1 aliphatic heterocycles. The average molecular weight is 284 g/mol. The Morgan fingerprint density at radius 1 is 1.30 bits per heavy atom. The van der Waals surface area contributed by atoms with Crippen LogP contribution in [0.25, 0.3) is 0 Å². The highest BCUT2D eigenvalue weighted by Crippen LogP contribution is 2.40. The van der Waals surface area contributed by atoms with Gasteiger partial charge in [0.15, 0.2) is 0 Å². The van der Waals surface area contributed by atoms with E-state index in [2.05, 4.69) is 25.7 Å². The van der Waals surface area contributed by atoms with E-state index in [1.54, 1.807) is 0 Å². The molecule has 2 rings (SSSR count). The van der Waals surface area contributed by atoms with Crippen LogP contribution in [0, 0.1) is 17.3 Å². The van der Waals surface area contributed by atoms with Gasteiger partial charge in [0, 0.05) is 25.7 Å². The van der Waals surface area contributed by atoms with Crippen molar-refractivity contribution in [1.82, 2.24) is 4.90 Å². The van der Waals surface area contributed by atoms with Crippen LogP contribution in [0.3, 0.4) is 0 Å². The molecule has 4 heteroatoms. The number of ether oxygens (including phenoxy) is 1. The zero-order valence-corrected chi connectivity index (χ0v) is 13.3. The van der Waals surface area contributed by atoms with Crippen molar-refractivity contribution in [3.8, 4) is 0 Å². The SMILES string of the molecule is CC(C)(C)C1CCC(N)C(CN2CCOC(CO)C2)C1. The summed E-state index contributed by atoms with van der Waals surface area (Å²) < 4.78 is 5.53. The van der Waals surface area contributed by atoms with Crippen molar-refractivity contribution in [2.75, 3.05) is 32.8 Å². The van der Waals surface area contributed by atoms with E-state index < -0.39 is 0 Å². The summed E-state index contributed by atoms with van der Waals surface area (Å²) in [7, 11) is 0. The predicted molar refractivity (Wildman–Crippen MR) is 81.5 cm³/mol. The highest BCUT2D eigenvalue weighted by molar-refractivity contribution is 4.89. The zero-order valence-electron chi connectivity index (χ0n) is 13.3. The molecule has 20 heavy (non-hydrogen) atoms. The number of hydrogen-bond donors (Lipinski definition) is 2. The Kier molecular flexibility index (Phi) is 5.46. The average Bonchev–Trinajstić information content (AvgIpc) is 2.40. The Bertz CT molecular complexity index is 303. The van der Waals surface area contributed by atoms with Gasteiger partial charge in [0.1, 0.15) is 0 Å². The van der Waals surface area contributed by atoms with Gasteiger partial charge < -0.3 is 15.6 Å². The molecule has 1 saturated carbocycles. The molecule has 0 aromatic heterocycles. The molecule has 1 heterocycles. The first-order valence-corrected chi connectivity index (χ1v) is 8.10. The number of morpholine rings is 1. The van der Waals surface area contributed by atoms with Crippen LogP contribution >= 0.6 is 0 Å². The summed E-state index contributed by atoms with van der Waals surface area (Å²) in [4.78, 5) is 2.43. The molecular weight excluding hydrogens is 252 g/mol. The van der Waals surface area contributed by atoms with Gasteiger partial charge in [-0.05, 0) is 36.5 Å². The largest absolute Gasteiger partial charge is 0.394 e. The van der Waals surface area contributed by atoms with Gasteiger partial charge in [-0.3, -0.25) is 4.90 Å². The molecule has 2 fully saturated rings. The second-order valence-electron chi connectivity index (χ2n) is 7.73. The fourth-order valence-corrected chi connectivity index (χ4v) is 3.67. The van der Waals surface area contributed by atoms with E-state index in [0.717, 1.165) is 38.6 Å². The van der Waals surface area contributed by atoms with Crippen LogP contribution in [-0.4, -0.2) is 55.0 Å². The number of hydrogen-bond acceptors (Lipinski definition) is 4. The quantitative estimate of drug-likeness (QED) is 0.824. The monoisotopic (exact) mass is 284 g/mol. The minimum Gasteiger partial charge on any atom is -0.394 e. The summed E-state index contributed by atoms with van der Waals surface area (Å²) in [6, 6.07) is 0.337. The van der Waals surface area contributed by atoms with Crippen LogP contribution < -0.4 is 5.73 Å². The standard InChI is InChI=1S/C16H32N2O2/c1-16(2,3)13-4-5-15(17)12(8-13)9-18-6-7-20-14(10-18)11-19/h12-15,19H,4-11,17H2,1-3H3. The number of aliphatic hydroxyl groups is 1.